The third-order valence-electron chi connectivity index (χ3n) is 10.8. The molecule has 0 amide bonds. The predicted molar refractivity (Wildman–Crippen MR) is 185 cm³/mol. The molecule has 47 heavy (non-hydrogen) atoms. The number of aliphatic hydroxyl groups excluding tert-OH is 1. The van der Waals surface area contributed by atoms with Gasteiger partial charge in [-0.05, 0) is 105 Å². The van der Waals surface area contributed by atoms with E-state index in [0.29, 0.717) is 28.4 Å². The first-order valence-electron chi connectivity index (χ1n) is 16.8. The minimum atomic E-state index is -1.75. The molecule has 0 radical (unpaired) electrons. The Bertz CT molecular complexity index is 1880. The van der Waals surface area contributed by atoms with E-state index in [2.05, 4.69) is 46.0 Å². The van der Waals surface area contributed by atoms with Gasteiger partial charge in [-0.2, -0.15) is 5.10 Å². The Morgan fingerprint density at radius 2 is 1.70 bits per heavy atom. The van der Waals surface area contributed by atoms with Crippen molar-refractivity contribution in [3.05, 3.63) is 65.6 Å². The smallest absolute Gasteiger partial charge is 0.196 e. The molecule has 0 saturated heterocycles. The molecule has 4 aliphatic rings. The normalized spacial score (nSPS) is 23.4. The number of rotatable bonds is 9. The minimum absolute atomic E-state index is 0.142. The van der Waals surface area contributed by atoms with Gasteiger partial charge in [0.1, 0.15) is 11.5 Å². The number of benzene rings is 1. The van der Waals surface area contributed by atoms with Crippen LogP contribution in [-0.4, -0.2) is 47.2 Å². The summed E-state index contributed by atoms with van der Waals surface area (Å²) in [6.45, 7) is 7.25. The van der Waals surface area contributed by atoms with E-state index in [-0.39, 0.29) is 11.6 Å². The number of aliphatic hydroxyl groups is 2. The van der Waals surface area contributed by atoms with Gasteiger partial charge < -0.3 is 20.4 Å². The van der Waals surface area contributed by atoms with Crippen molar-refractivity contribution in [1.82, 2.24) is 29.9 Å². The average molecular weight is 651 g/mol. The summed E-state index contributed by atoms with van der Waals surface area (Å²) in [6, 6.07) is 13.8. The van der Waals surface area contributed by atoms with E-state index in [0.717, 1.165) is 56.5 Å². The number of nitrogens with one attached hydrogen (secondary N) is 1. The summed E-state index contributed by atoms with van der Waals surface area (Å²) in [5.74, 6) is 4.59. The number of pyridine rings is 1. The Balaban J connectivity index is 1.06. The maximum absolute atomic E-state index is 10.5. The number of nitrogens with zero attached hydrogens (tertiary/aromatic N) is 7. The van der Waals surface area contributed by atoms with Crippen LogP contribution in [0, 0.1) is 30.1 Å². The number of aromatic nitrogens is 6. The first-order chi connectivity index (χ1) is 22.6. The first kappa shape index (κ1) is 30.4. The van der Waals surface area contributed by atoms with Crippen molar-refractivity contribution >= 4 is 44.1 Å². The summed E-state index contributed by atoms with van der Waals surface area (Å²) in [5.41, 5.74) is 5.06. The van der Waals surface area contributed by atoms with Gasteiger partial charge in [0.15, 0.2) is 23.1 Å². The van der Waals surface area contributed by atoms with E-state index in [9.17, 15) is 10.2 Å². The molecule has 9 rings (SSSR count). The number of fused-ring (bicyclic) bond motifs is 1. The third-order valence-corrected chi connectivity index (χ3v) is 11.8. The van der Waals surface area contributed by atoms with E-state index in [1.165, 1.54) is 38.5 Å². The van der Waals surface area contributed by atoms with Crippen LogP contribution in [0.15, 0.2) is 48.7 Å². The lowest BCUT2D eigenvalue weighted by molar-refractivity contribution is -0.0638. The molecule has 0 spiro atoms. The van der Waals surface area contributed by atoms with Gasteiger partial charge in [-0.15, -0.1) is 10.2 Å². The Labute approximate surface area is 278 Å². The van der Waals surface area contributed by atoms with Crippen LogP contribution < -0.4 is 10.2 Å². The Hall–Kier alpha value is -3.93. The molecule has 244 valence electrons. The molecular weight excluding hydrogens is 609 g/mol. The lowest BCUT2D eigenvalue weighted by atomic mass is 9.49. The molecule has 0 unspecified atom stereocenters. The first-order valence-corrected chi connectivity index (χ1v) is 17.6. The molecule has 10 nitrogen and oxygen atoms in total. The summed E-state index contributed by atoms with van der Waals surface area (Å²) < 4.78 is 3.26. The zero-order chi connectivity index (χ0) is 32.4. The van der Waals surface area contributed by atoms with Gasteiger partial charge in [0.25, 0.3) is 0 Å². The van der Waals surface area contributed by atoms with Crippen LogP contribution in [0.2, 0.25) is 0 Å². The molecular formula is C36H42N8O2S. The zero-order valence-electron chi connectivity index (χ0n) is 27.4. The summed E-state index contributed by atoms with van der Waals surface area (Å²) >= 11 is 1.57. The summed E-state index contributed by atoms with van der Waals surface area (Å²) in [6.07, 6.45) is 8.32. The number of hydrogen-bond acceptors (Lipinski definition) is 10. The van der Waals surface area contributed by atoms with Crippen LogP contribution in [0.1, 0.15) is 81.5 Å². The van der Waals surface area contributed by atoms with Crippen LogP contribution in [0.5, 0.6) is 0 Å². The molecule has 3 N–H and O–H groups in total. The second kappa shape index (κ2) is 11.6. The molecule has 4 bridgehead atoms. The molecule has 5 aromatic rings. The predicted octanol–water partition coefficient (Wildman–Crippen LogP) is 7.49. The quantitative estimate of drug-likeness (QED) is 0.139. The molecule has 1 aromatic carbocycles. The molecule has 4 heterocycles. The fraction of sp³-hybridized carbons (Fsp3) is 0.472. The van der Waals surface area contributed by atoms with Gasteiger partial charge in [-0.1, -0.05) is 37.3 Å². The molecule has 4 aliphatic carbocycles. The van der Waals surface area contributed by atoms with Gasteiger partial charge in [-0.25, -0.2) is 9.97 Å². The zero-order valence-corrected chi connectivity index (χ0v) is 28.2. The second-order valence-electron chi connectivity index (χ2n) is 14.5. The Morgan fingerprint density at radius 1 is 0.979 bits per heavy atom. The van der Waals surface area contributed by atoms with Gasteiger partial charge in [-0.3, -0.25) is 4.68 Å². The number of hydrogen-bond donors (Lipinski definition) is 3. The van der Waals surface area contributed by atoms with Crippen molar-refractivity contribution in [2.24, 2.45) is 23.2 Å². The van der Waals surface area contributed by atoms with Crippen molar-refractivity contribution in [1.29, 1.82) is 0 Å². The Morgan fingerprint density at radius 3 is 2.38 bits per heavy atom. The number of thiazole rings is 1. The standard InChI is InChI=1S/C36H42N8O2S/c1-20(2)26-14-30(39-35-38-28-7-5-6-8-29(28)47-35)41-42-33(26)43(4)31-10-9-25(32(40-31)34(45)46)27-18-37-44(21(27)3)19-36-15-22-11-23(16-36)13-24(12-22)17-36/h5-10,14,18,20,22-24,34,45-46H,11-13,15-17,19H2,1-4H3,(H,38,39,41). The minimum Gasteiger partial charge on any atom is -0.363 e. The van der Waals surface area contributed by atoms with E-state index < -0.39 is 6.29 Å². The average Bonchev–Trinajstić information content (AvgIpc) is 3.61. The molecule has 4 saturated carbocycles. The number of anilines is 4. The van der Waals surface area contributed by atoms with Gasteiger partial charge in [0.2, 0.25) is 0 Å². The van der Waals surface area contributed by atoms with Gasteiger partial charge in [0.05, 0.1) is 16.4 Å². The van der Waals surface area contributed by atoms with Crippen LogP contribution in [0.4, 0.5) is 22.6 Å². The van der Waals surface area contributed by atoms with Crippen LogP contribution in [-0.2, 0) is 6.54 Å². The highest BCUT2D eigenvalue weighted by Gasteiger charge is 2.51. The molecule has 11 heteroatoms. The molecule has 4 aromatic heterocycles. The van der Waals surface area contributed by atoms with Crippen molar-refractivity contribution in [2.75, 3.05) is 17.3 Å². The van der Waals surface area contributed by atoms with Crippen LogP contribution in [0.3, 0.4) is 0 Å². The van der Waals surface area contributed by atoms with Crippen molar-refractivity contribution in [2.45, 2.75) is 78.0 Å². The van der Waals surface area contributed by atoms with Crippen LogP contribution >= 0.6 is 11.3 Å². The SMILES string of the molecule is Cc1c(-c2ccc(N(C)c3nnc(Nc4nc5ccccc5s4)cc3C(C)C)nc2C(O)O)cnn1CC12CC3CC(CC(C3)C1)C2. The largest absolute Gasteiger partial charge is 0.363 e. The van der Waals surface area contributed by atoms with E-state index in [1.54, 1.807) is 11.3 Å². The fourth-order valence-electron chi connectivity index (χ4n) is 9.04. The van der Waals surface area contributed by atoms with Crippen molar-refractivity contribution in [3.8, 4) is 11.1 Å². The fourth-order valence-corrected chi connectivity index (χ4v) is 9.91. The number of para-hydroxylation sites is 1. The topological polar surface area (TPSA) is 125 Å². The van der Waals surface area contributed by atoms with Crippen LogP contribution in [0.25, 0.3) is 21.3 Å². The third kappa shape index (κ3) is 5.58. The maximum Gasteiger partial charge on any atom is 0.196 e. The maximum atomic E-state index is 10.5. The van der Waals surface area contributed by atoms with Gasteiger partial charge >= 0.3 is 0 Å². The highest BCUT2D eigenvalue weighted by molar-refractivity contribution is 7.22. The molecule has 4 fully saturated rings. The van der Waals surface area contributed by atoms with Gasteiger partial charge in [0, 0.05) is 36.0 Å². The van der Waals surface area contributed by atoms with Crippen molar-refractivity contribution in [3.63, 3.8) is 0 Å². The molecule has 0 atom stereocenters. The lowest BCUT2D eigenvalue weighted by Gasteiger charge is -2.56. The van der Waals surface area contributed by atoms with Crippen molar-refractivity contribution < 1.29 is 10.2 Å². The van der Waals surface area contributed by atoms with E-state index >= 15 is 0 Å². The highest BCUT2D eigenvalue weighted by Crippen LogP contribution is 2.60. The van der Waals surface area contributed by atoms with E-state index in [1.807, 2.05) is 60.6 Å². The van der Waals surface area contributed by atoms with E-state index in [4.69, 9.17) is 10.1 Å². The molecule has 0 aliphatic heterocycles. The Kier molecular flexibility index (Phi) is 7.53. The summed E-state index contributed by atoms with van der Waals surface area (Å²) in [7, 11) is 1.88. The highest BCUT2D eigenvalue weighted by atomic mass is 32.1. The summed E-state index contributed by atoms with van der Waals surface area (Å²) in [5, 5.41) is 39.0. The second-order valence-corrected chi connectivity index (χ2v) is 15.6. The summed E-state index contributed by atoms with van der Waals surface area (Å²) in [4.78, 5) is 11.3. The monoisotopic (exact) mass is 650 g/mol. The lowest BCUT2D eigenvalue weighted by Crippen LogP contribution is -2.48.